The molecule has 1 amide bonds. The molecule has 0 spiro atoms. The summed E-state index contributed by atoms with van der Waals surface area (Å²) in [5, 5.41) is 11.2. The number of anilines is 1. The van der Waals surface area contributed by atoms with Crippen LogP contribution in [0, 0.1) is 0 Å². The molecule has 2 N–H and O–H groups in total. The van der Waals surface area contributed by atoms with Crippen LogP contribution < -0.4 is 11.0 Å². The van der Waals surface area contributed by atoms with Crippen LogP contribution >= 0.6 is 0 Å². The zero-order chi connectivity index (χ0) is 14.5. The number of rotatable bonds is 4. The molecule has 0 aliphatic carbocycles. The summed E-state index contributed by atoms with van der Waals surface area (Å²) < 4.78 is 1.12. The summed E-state index contributed by atoms with van der Waals surface area (Å²) in [4.78, 5) is 41.2. The molecule has 2 rings (SSSR count). The number of carbonyl (C=O) groups excluding carboxylic acids is 1. The second-order valence-corrected chi connectivity index (χ2v) is 3.81. The van der Waals surface area contributed by atoms with Crippen molar-refractivity contribution in [2.45, 2.75) is 6.54 Å². The van der Waals surface area contributed by atoms with Crippen molar-refractivity contribution < 1.29 is 14.7 Å². The molecule has 0 fully saturated rings. The number of amides is 1. The van der Waals surface area contributed by atoms with E-state index in [2.05, 4.69) is 15.3 Å². The lowest BCUT2D eigenvalue weighted by atomic mass is 10.2. The Morgan fingerprint density at radius 3 is 2.80 bits per heavy atom. The number of nitrogens with zero attached hydrogens (tertiary/aromatic N) is 3. The Bertz CT molecular complexity index is 710. The van der Waals surface area contributed by atoms with Gasteiger partial charge in [0.05, 0.1) is 5.56 Å². The molecular formula is C12H10N4O4. The van der Waals surface area contributed by atoms with Gasteiger partial charge in [0, 0.05) is 18.6 Å². The van der Waals surface area contributed by atoms with Crippen LogP contribution in [0.25, 0.3) is 0 Å². The number of aromatic nitrogens is 3. The number of pyridine rings is 1. The lowest BCUT2D eigenvalue weighted by Crippen LogP contribution is -2.28. The van der Waals surface area contributed by atoms with E-state index in [0.717, 1.165) is 4.57 Å². The van der Waals surface area contributed by atoms with Crippen LogP contribution in [0.1, 0.15) is 10.4 Å². The third kappa shape index (κ3) is 3.25. The van der Waals surface area contributed by atoms with E-state index >= 15 is 0 Å². The van der Waals surface area contributed by atoms with Crippen LogP contribution in [-0.2, 0) is 11.3 Å². The summed E-state index contributed by atoms with van der Waals surface area (Å²) in [6, 6.07) is 4.06. The van der Waals surface area contributed by atoms with Gasteiger partial charge in [-0.15, -0.1) is 0 Å². The van der Waals surface area contributed by atoms with Crippen molar-refractivity contribution in [3.05, 3.63) is 52.8 Å². The van der Waals surface area contributed by atoms with Crippen LogP contribution in [0.3, 0.4) is 0 Å². The molecule has 0 radical (unpaired) electrons. The predicted molar refractivity (Wildman–Crippen MR) is 68.3 cm³/mol. The highest BCUT2D eigenvalue weighted by Gasteiger charge is 2.08. The van der Waals surface area contributed by atoms with E-state index in [0.29, 0.717) is 0 Å². The van der Waals surface area contributed by atoms with Gasteiger partial charge < -0.3 is 10.4 Å². The van der Waals surface area contributed by atoms with Crippen molar-refractivity contribution in [1.29, 1.82) is 0 Å². The van der Waals surface area contributed by atoms with Gasteiger partial charge in [0.1, 0.15) is 12.4 Å². The van der Waals surface area contributed by atoms with Gasteiger partial charge in [-0.25, -0.2) is 19.6 Å². The summed E-state index contributed by atoms with van der Waals surface area (Å²) in [7, 11) is 0. The van der Waals surface area contributed by atoms with Crippen molar-refractivity contribution in [3.63, 3.8) is 0 Å². The zero-order valence-electron chi connectivity index (χ0n) is 10.2. The minimum absolute atomic E-state index is 0.00819. The number of carboxylic acid groups (broad SMARTS) is 1. The number of aromatic carboxylic acids is 1. The molecule has 102 valence electrons. The van der Waals surface area contributed by atoms with E-state index in [1.807, 2.05) is 0 Å². The van der Waals surface area contributed by atoms with E-state index in [1.165, 1.54) is 36.8 Å². The minimum Gasteiger partial charge on any atom is -0.478 e. The summed E-state index contributed by atoms with van der Waals surface area (Å²) in [6.07, 6.45) is 4.03. The number of nitrogens with one attached hydrogen (secondary N) is 1. The fourth-order valence-corrected chi connectivity index (χ4v) is 1.48. The van der Waals surface area contributed by atoms with E-state index < -0.39 is 17.6 Å². The average Bonchev–Trinajstić information content (AvgIpc) is 2.41. The molecule has 0 atom stereocenters. The monoisotopic (exact) mass is 274 g/mol. The molecule has 0 bridgehead atoms. The summed E-state index contributed by atoms with van der Waals surface area (Å²) in [5.41, 5.74) is -0.538. The van der Waals surface area contributed by atoms with E-state index in [9.17, 15) is 14.4 Å². The van der Waals surface area contributed by atoms with Crippen molar-refractivity contribution in [2.75, 3.05) is 5.32 Å². The highest BCUT2D eigenvalue weighted by atomic mass is 16.4. The normalized spacial score (nSPS) is 10.0. The molecule has 0 aliphatic heterocycles. The van der Waals surface area contributed by atoms with Crippen molar-refractivity contribution in [2.24, 2.45) is 0 Å². The average molecular weight is 274 g/mol. The standard InChI is InChI=1S/C12H10N4O4/c17-10(7-16-5-1-3-14-12(16)20)15-9-6-8(11(18)19)2-4-13-9/h1-6H,7H2,(H,18,19)(H,13,15,17). The first kappa shape index (κ1) is 13.4. The molecule has 2 heterocycles. The second kappa shape index (κ2) is 5.74. The van der Waals surface area contributed by atoms with Crippen molar-refractivity contribution in [3.8, 4) is 0 Å². The smallest absolute Gasteiger partial charge is 0.347 e. The van der Waals surface area contributed by atoms with Crippen LogP contribution in [0.2, 0.25) is 0 Å². The van der Waals surface area contributed by atoms with E-state index in [-0.39, 0.29) is 17.9 Å². The Balaban J connectivity index is 2.09. The second-order valence-electron chi connectivity index (χ2n) is 3.81. The molecular weight excluding hydrogens is 264 g/mol. The third-order valence-corrected chi connectivity index (χ3v) is 2.37. The largest absolute Gasteiger partial charge is 0.478 e. The summed E-state index contributed by atoms with van der Waals surface area (Å²) in [6.45, 7) is -0.231. The Kier molecular flexibility index (Phi) is 3.85. The maximum Gasteiger partial charge on any atom is 0.347 e. The number of hydrogen-bond acceptors (Lipinski definition) is 5. The van der Waals surface area contributed by atoms with Crippen LogP contribution in [0.5, 0.6) is 0 Å². The molecule has 0 aromatic carbocycles. The van der Waals surface area contributed by atoms with Gasteiger partial charge in [-0.3, -0.25) is 9.36 Å². The topological polar surface area (TPSA) is 114 Å². The maximum atomic E-state index is 11.7. The van der Waals surface area contributed by atoms with Gasteiger partial charge in [-0.2, -0.15) is 0 Å². The Morgan fingerprint density at radius 2 is 2.10 bits per heavy atom. The first-order valence-corrected chi connectivity index (χ1v) is 5.57. The summed E-state index contributed by atoms with van der Waals surface area (Å²) in [5.74, 6) is -1.52. The van der Waals surface area contributed by atoms with Gasteiger partial charge in [0.2, 0.25) is 5.91 Å². The molecule has 0 unspecified atom stereocenters. The fraction of sp³-hybridized carbons (Fsp3) is 0.0833. The molecule has 2 aromatic heterocycles. The zero-order valence-corrected chi connectivity index (χ0v) is 10.2. The lowest BCUT2D eigenvalue weighted by molar-refractivity contribution is -0.116. The fourth-order valence-electron chi connectivity index (χ4n) is 1.48. The third-order valence-electron chi connectivity index (χ3n) is 2.37. The number of carboxylic acids is 1. The minimum atomic E-state index is -1.12. The SMILES string of the molecule is O=C(Cn1cccnc1=O)Nc1cc(C(=O)O)ccn1. The first-order valence-electron chi connectivity index (χ1n) is 5.57. The van der Waals surface area contributed by atoms with Crippen molar-refractivity contribution in [1.82, 2.24) is 14.5 Å². The Labute approximate surface area is 112 Å². The molecule has 8 heteroatoms. The maximum absolute atomic E-state index is 11.7. The lowest BCUT2D eigenvalue weighted by Gasteiger charge is -2.06. The van der Waals surface area contributed by atoms with Crippen LogP contribution in [0.4, 0.5) is 5.82 Å². The number of hydrogen-bond donors (Lipinski definition) is 2. The van der Waals surface area contributed by atoms with E-state index in [1.54, 1.807) is 0 Å². The van der Waals surface area contributed by atoms with Crippen molar-refractivity contribution >= 4 is 17.7 Å². The van der Waals surface area contributed by atoms with Gasteiger partial charge in [0.15, 0.2) is 0 Å². The molecule has 20 heavy (non-hydrogen) atoms. The van der Waals surface area contributed by atoms with Gasteiger partial charge >= 0.3 is 11.7 Å². The van der Waals surface area contributed by atoms with Gasteiger partial charge in [-0.1, -0.05) is 0 Å². The highest BCUT2D eigenvalue weighted by Crippen LogP contribution is 2.06. The predicted octanol–water partition coefficient (Wildman–Crippen LogP) is -0.0248. The van der Waals surface area contributed by atoms with Crippen LogP contribution in [0.15, 0.2) is 41.6 Å². The molecule has 8 nitrogen and oxygen atoms in total. The first-order chi connectivity index (χ1) is 9.56. The summed E-state index contributed by atoms with van der Waals surface area (Å²) >= 11 is 0. The number of carbonyl (C=O) groups is 2. The molecule has 0 saturated carbocycles. The van der Waals surface area contributed by atoms with Gasteiger partial charge in [-0.05, 0) is 18.2 Å². The highest BCUT2D eigenvalue weighted by molar-refractivity contribution is 5.92. The van der Waals surface area contributed by atoms with Crippen LogP contribution in [-0.4, -0.2) is 31.5 Å². The molecule has 0 saturated heterocycles. The Hall–Kier alpha value is -3.03. The van der Waals surface area contributed by atoms with Gasteiger partial charge in [0.25, 0.3) is 0 Å². The molecule has 0 aliphatic rings. The Morgan fingerprint density at radius 1 is 1.30 bits per heavy atom. The van der Waals surface area contributed by atoms with E-state index in [4.69, 9.17) is 5.11 Å². The molecule has 2 aromatic rings. The quantitative estimate of drug-likeness (QED) is 0.809.